The van der Waals surface area contributed by atoms with E-state index in [1.54, 1.807) is 0 Å². The SMILES string of the molecule is O=C(O)C1CCCCC1C(=O)O.O=C([O-])c1ccccc1C(=O)OCCO.O=C([O-])c1ccccc1C(=O)OCCO.O=C1C=CC(=O)O1.[Mg+2]. The third-order valence-electron chi connectivity index (χ3n) is 6.34. The number of carboxylic acid groups (broad SMARTS) is 4. The molecule has 0 aromatic heterocycles. The van der Waals surface area contributed by atoms with Crippen LogP contribution in [-0.2, 0) is 33.4 Å². The van der Waals surface area contributed by atoms with Crippen molar-refractivity contribution in [1.82, 2.24) is 0 Å². The molecule has 1 saturated carbocycles. The minimum atomic E-state index is -1.44. The van der Waals surface area contributed by atoms with Crippen molar-refractivity contribution in [3.63, 3.8) is 0 Å². The van der Waals surface area contributed by atoms with E-state index in [1.807, 2.05) is 0 Å². The first-order valence-corrected chi connectivity index (χ1v) is 14.3. The number of hydrogen-bond acceptors (Lipinski definition) is 15. The number of carbonyl (C=O) groups excluding carboxylic acids is 6. The van der Waals surface area contributed by atoms with E-state index >= 15 is 0 Å². The summed E-state index contributed by atoms with van der Waals surface area (Å²) in [6.07, 6.45) is 4.85. The van der Waals surface area contributed by atoms with Crippen LogP contribution in [0.3, 0.4) is 0 Å². The van der Waals surface area contributed by atoms with Gasteiger partial charge in [-0.3, -0.25) is 9.59 Å². The Bertz CT molecular complexity index is 1420. The first-order valence-electron chi connectivity index (χ1n) is 14.3. The van der Waals surface area contributed by atoms with E-state index in [1.165, 1.54) is 48.5 Å². The van der Waals surface area contributed by atoms with Crippen LogP contribution in [0.2, 0.25) is 0 Å². The molecule has 0 saturated heterocycles. The van der Waals surface area contributed by atoms with Crippen molar-refractivity contribution < 1.29 is 83.2 Å². The Morgan fingerprint density at radius 1 is 0.640 bits per heavy atom. The zero-order valence-corrected chi connectivity index (χ0v) is 27.8. The van der Waals surface area contributed by atoms with Crippen LogP contribution >= 0.6 is 0 Å². The molecule has 264 valence electrons. The number of carbonyl (C=O) groups is 8. The maximum Gasteiger partial charge on any atom is 2.00 e. The molecule has 2 aromatic rings. The molecule has 2 atom stereocenters. The number of ether oxygens (including phenoxy) is 3. The third-order valence-corrected chi connectivity index (χ3v) is 6.34. The van der Waals surface area contributed by atoms with E-state index in [4.69, 9.17) is 20.4 Å². The molecule has 2 unspecified atom stereocenters. The number of aromatic carboxylic acids is 2. The smallest absolute Gasteiger partial charge is 0.545 e. The Kier molecular flexibility index (Phi) is 21.6. The zero-order chi connectivity index (χ0) is 36.9. The van der Waals surface area contributed by atoms with Crippen LogP contribution in [0.15, 0.2) is 60.7 Å². The molecule has 1 aliphatic carbocycles. The van der Waals surface area contributed by atoms with Crippen molar-refractivity contribution in [1.29, 1.82) is 0 Å². The van der Waals surface area contributed by atoms with Gasteiger partial charge in [-0.15, -0.1) is 0 Å². The van der Waals surface area contributed by atoms with E-state index < -0.39 is 59.6 Å². The number of aliphatic carboxylic acids is 2. The van der Waals surface area contributed by atoms with E-state index in [9.17, 15) is 48.6 Å². The zero-order valence-electron chi connectivity index (χ0n) is 26.4. The van der Waals surface area contributed by atoms with Crippen molar-refractivity contribution in [3.8, 4) is 0 Å². The van der Waals surface area contributed by atoms with Crippen LogP contribution in [0.5, 0.6) is 0 Å². The molecule has 18 heteroatoms. The quantitative estimate of drug-likeness (QED) is 0.0953. The van der Waals surface area contributed by atoms with Gasteiger partial charge >= 0.3 is 58.9 Å². The van der Waals surface area contributed by atoms with Crippen LogP contribution in [0.1, 0.15) is 67.1 Å². The predicted octanol–water partition coefficient (Wildman–Crippen LogP) is -1.39. The first kappa shape index (κ1) is 44.8. The minimum absolute atomic E-state index is 0. The number of aliphatic hydroxyl groups is 2. The molecule has 0 bridgehead atoms. The summed E-state index contributed by atoms with van der Waals surface area (Å²) in [4.78, 5) is 84.9. The summed E-state index contributed by atoms with van der Waals surface area (Å²) >= 11 is 0. The number of benzene rings is 2. The largest absolute Gasteiger partial charge is 2.00 e. The maximum atomic E-state index is 11.3. The summed E-state index contributed by atoms with van der Waals surface area (Å²) in [5.41, 5.74) is -0.599. The van der Waals surface area contributed by atoms with Gasteiger partial charge in [-0.05, 0) is 25.0 Å². The van der Waals surface area contributed by atoms with Gasteiger partial charge in [0.25, 0.3) is 0 Å². The normalized spacial score (nSPS) is 15.4. The topological polar surface area (TPSA) is 291 Å². The summed E-state index contributed by atoms with van der Waals surface area (Å²) in [7, 11) is 0. The van der Waals surface area contributed by atoms with Crippen LogP contribution < -0.4 is 10.2 Å². The molecule has 17 nitrogen and oxygen atoms in total. The molecule has 2 aromatic carbocycles. The Balaban J connectivity index is 0.000000655. The molecule has 0 amide bonds. The summed E-state index contributed by atoms with van der Waals surface area (Å²) in [5.74, 6) is -8.89. The number of rotatable bonds is 10. The van der Waals surface area contributed by atoms with Crippen molar-refractivity contribution in [2.45, 2.75) is 25.7 Å². The Hall–Kier alpha value is -5.17. The van der Waals surface area contributed by atoms with Gasteiger partial charge < -0.3 is 54.4 Å². The molecule has 0 spiro atoms. The monoisotopic (exact) mass is 712 g/mol. The van der Waals surface area contributed by atoms with Gasteiger partial charge in [-0.25, -0.2) is 19.2 Å². The van der Waals surface area contributed by atoms with Gasteiger partial charge in [-0.2, -0.15) is 0 Å². The van der Waals surface area contributed by atoms with E-state index in [-0.39, 0.29) is 71.7 Å². The molecule has 1 heterocycles. The second-order valence-electron chi connectivity index (χ2n) is 9.63. The van der Waals surface area contributed by atoms with Crippen LogP contribution in [-0.4, -0.2) is 118 Å². The van der Waals surface area contributed by atoms with Crippen molar-refractivity contribution in [2.24, 2.45) is 11.8 Å². The molecule has 2 aliphatic rings. The molecule has 4 N–H and O–H groups in total. The summed E-state index contributed by atoms with van der Waals surface area (Å²) in [6.45, 7) is -0.946. The average Bonchev–Trinajstić information content (AvgIpc) is 3.48. The van der Waals surface area contributed by atoms with Crippen LogP contribution in [0.25, 0.3) is 0 Å². The minimum Gasteiger partial charge on any atom is -0.545 e. The molecule has 4 rings (SSSR count). The number of hydrogen-bond donors (Lipinski definition) is 4. The van der Waals surface area contributed by atoms with Gasteiger partial charge in [0.2, 0.25) is 0 Å². The fraction of sp³-hybridized carbons (Fsp3) is 0.312. The van der Waals surface area contributed by atoms with Gasteiger partial charge in [0.15, 0.2) is 0 Å². The Morgan fingerprint density at radius 3 is 1.20 bits per heavy atom. The van der Waals surface area contributed by atoms with Crippen molar-refractivity contribution >= 4 is 70.8 Å². The first-order chi connectivity index (χ1) is 23.2. The third kappa shape index (κ3) is 15.8. The fourth-order valence-corrected chi connectivity index (χ4v) is 4.14. The molecule has 0 radical (unpaired) electrons. The summed E-state index contributed by atoms with van der Waals surface area (Å²) in [5, 5.41) is 55.5. The second kappa shape index (κ2) is 24.0. The molecule has 1 fully saturated rings. The number of carboxylic acids is 4. The van der Waals surface area contributed by atoms with Gasteiger partial charge in [0, 0.05) is 23.3 Å². The van der Waals surface area contributed by atoms with Gasteiger partial charge in [0.1, 0.15) is 13.2 Å². The van der Waals surface area contributed by atoms with E-state index in [2.05, 4.69) is 14.2 Å². The summed E-state index contributed by atoms with van der Waals surface area (Å²) in [6, 6.07) is 11.2. The fourth-order valence-electron chi connectivity index (χ4n) is 4.14. The Labute approximate surface area is 300 Å². The molecule has 50 heavy (non-hydrogen) atoms. The van der Waals surface area contributed by atoms with Crippen LogP contribution in [0, 0.1) is 11.8 Å². The molecular formula is C32H32MgO17. The van der Waals surface area contributed by atoms with E-state index in [0.29, 0.717) is 12.8 Å². The average molecular weight is 713 g/mol. The molecular weight excluding hydrogens is 681 g/mol. The van der Waals surface area contributed by atoms with Crippen molar-refractivity contribution in [2.75, 3.05) is 26.4 Å². The number of esters is 4. The maximum absolute atomic E-state index is 11.3. The van der Waals surface area contributed by atoms with Crippen LogP contribution in [0.4, 0.5) is 0 Å². The number of cyclic esters (lactones) is 2. The summed E-state index contributed by atoms with van der Waals surface area (Å²) < 4.78 is 13.1. The Morgan fingerprint density at radius 2 is 0.960 bits per heavy atom. The second-order valence-corrected chi connectivity index (χ2v) is 9.63. The standard InChI is InChI=1S/2C10H10O5.C8H12O4.C4H2O3.Mg/c2*11-5-6-15-10(14)8-4-2-1-3-7(8)9(12)13;9-7(10)5-3-1-2-4-6(5)8(11)12;5-3-1-2-4(6)7-3;/h2*1-4,11H,5-6H2,(H,12,13);5-6H,1-4H2,(H,9,10)(H,11,12);1-2H;/q;;;;+2/p-2. The van der Waals surface area contributed by atoms with Gasteiger partial charge in [-0.1, -0.05) is 49.2 Å². The number of aliphatic hydroxyl groups excluding tert-OH is 2. The van der Waals surface area contributed by atoms with Gasteiger partial charge in [0.05, 0.1) is 48.1 Å². The predicted molar refractivity (Wildman–Crippen MR) is 163 cm³/mol. The molecule has 1 aliphatic heterocycles. The van der Waals surface area contributed by atoms with Crippen molar-refractivity contribution in [3.05, 3.63) is 82.9 Å². The van der Waals surface area contributed by atoms with E-state index in [0.717, 1.165) is 25.0 Å².